The topological polar surface area (TPSA) is 147 Å². The van der Waals surface area contributed by atoms with Crippen LogP contribution in [-0.4, -0.2) is 47.9 Å². The quantitative estimate of drug-likeness (QED) is 0.180. The van der Waals surface area contributed by atoms with E-state index in [4.69, 9.17) is 4.74 Å². The number of phenolic OH excluding ortho intramolecular Hbond substituents is 1. The summed E-state index contributed by atoms with van der Waals surface area (Å²) in [6.45, 7) is 0. The Hall–Kier alpha value is -5.32. The Bertz CT molecular complexity index is 1600. The van der Waals surface area contributed by atoms with Crippen LogP contribution >= 0.6 is 0 Å². The summed E-state index contributed by atoms with van der Waals surface area (Å²) in [5.41, 5.74) is 0.265. The number of methoxy groups -OCH3 is 1. The van der Waals surface area contributed by atoms with Gasteiger partial charge in [-0.25, -0.2) is 0 Å². The molecule has 0 heterocycles. The van der Waals surface area contributed by atoms with Gasteiger partial charge in [0.05, 0.1) is 23.2 Å². The molecule has 0 aliphatic rings. The zero-order valence-electron chi connectivity index (χ0n) is 20.7. The molecule has 0 aliphatic heterocycles. The molecule has 0 aromatic heterocycles. The van der Waals surface area contributed by atoms with Gasteiger partial charge in [0, 0.05) is 37.3 Å². The van der Waals surface area contributed by atoms with Gasteiger partial charge in [0.25, 0.3) is 17.5 Å². The maximum Gasteiger partial charge on any atom is 0.271 e. The second-order valence-electron chi connectivity index (χ2n) is 8.36. The number of amides is 2. The molecule has 2 N–H and O–H groups in total. The molecule has 0 unspecified atom stereocenters. The lowest BCUT2D eigenvalue weighted by atomic mass is 10.0. The highest BCUT2D eigenvalue weighted by atomic mass is 16.6. The molecule has 38 heavy (non-hydrogen) atoms. The SMILES string of the molecule is COc1cccc(C(=O)N(C)C)c1/N=N/c1c(O)c(C(=O)Nc2cccc([N+](=O)[O-])c2)cc2ccccc12. The lowest BCUT2D eigenvalue weighted by molar-refractivity contribution is -0.384. The number of hydrogen-bond acceptors (Lipinski definition) is 8. The van der Waals surface area contributed by atoms with Crippen LogP contribution in [0.2, 0.25) is 0 Å². The monoisotopic (exact) mass is 513 g/mol. The van der Waals surface area contributed by atoms with Crippen molar-refractivity contribution in [3.8, 4) is 11.5 Å². The third kappa shape index (κ3) is 5.12. The van der Waals surface area contributed by atoms with Crippen molar-refractivity contribution in [2.45, 2.75) is 0 Å². The average Bonchev–Trinajstić information content (AvgIpc) is 2.91. The fourth-order valence-corrected chi connectivity index (χ4v) is 3.79. The van der Waals surface area contributed by atoms with E-state index in [9.17, 15) is 24.8 Å². The number of nitro groups is 1. The Morgan fingerprint density at radius 2 is 1.66 bits per heavy atom. The normalized spacial score (nSPS) is 10.9. The predicted octanol–water partition coefficient (Wildman–Crippen LogP) is 5.83. The summed E-state index contributed by atoms with van der Waals surface area (Å²) in [5, 5.41) is 34.4. The van der Waals surface area contributed by atoms with E-state index in [-0.39, 0.29) is 39.8 Å². The fraction of sp³-hybridized carbons (Fsp3) is 0.111. The van der Waals surface area contributed by atoms with Gasteiger partial charge in [0.1, 0.15) is 17.1 Å². The maximum atomic E-state index is 13.1. The van der Waals surface area contributed by atoms with Crippen LogP contribution in [0.5, 0.6) is 11.5 Å². The number of non-ortho nitro benzene ring substituents is 1. The predicted molar refractivity (Wildman–Crippen MR) is 142 cm³/mol. The average molecular weight is 514 g/mol. The zero-order valence-corrected chi connectivity index (χ0v) is 20.7. The molecule has 0 saturated heterocycles. The van der Waals surface area contributed by atoms with Crippen LogP contribution in [0, 0.1) is 10.1 Å². The Balaban J connectivity index is 1.82. The number of aromatic hydroxyl groups is 1. The van der Waals surface area contributed by atoms with Gasteiger partial charge >= 0.3 is 0 Å². The van der Waals surface area contributed by atoms with Gasteiger partial charge in [-0.15, -0.1) is 10.2 Å². The van der Waals surface area contributed by atoms with Gasteiger partial charge in [-0.3, -0.25) is 19.7 Å². The Labute approximate surface area is 217 Å². The van der Waals surface area contributed by atoms with E-state index >= 15 is 0 Å². The largest absolute Gasteiger partial charge is 0.505 e. The van der Waals surface area contributed by atoms with E-state index in [0.29, 0.717) is 16.5 Å². The summed E-state index contributed by atoms with van der Waals surface area (Å²) in [5.74, 6) is -1.18. The zero-order chi connectivity index (χ0) is 27.4. The number of hydrogen-bond donors (Lipinski definition) is 2. The summed E-state index contributed by atoms with van der Waals surface area (Å²) in [4.78, 5) is 37.8. The number of phenols is 1. The van der Waals surface area contributed by atoms with Crippen LogP contribution in [0.1, 0.15) is 20.7 Å². The van der Waals surface area contributed by atoms with Gasteiger partial charge in [-0.1, -0.05) is 36.4 Å². The highest BCUT2D eigenvalue weighted by molar-refractivity contribution is 6.11. The smallest absolute Gasteiger partial charge is 0.271 e. The molecule has 0 saturated carbocycles. The van der Waals surface area contributed by atoms with Crippen LogP contribution in [0.4, 0.5) is 22.7 Å². The van der Waals surface area contributed by atoms with Gasteiger partial charge < -0.3 is 20.1 Å². The molecule has 192 valence electrons. The first-order valence-corrected chi connectivity index (χ1v) is 11.3. The number of rotatable bonds is 7. The number of fused-ring (bicyclic) bond motifs is 1. The van der Waals surface area contributed by atoms with E-state index < -0.39 is 16.6 Å². The van der Waals surface area contributed by atoms with Crippen molar-refractivity contribution in [3.05, 3.63) is 94.0 Å². The van der Waals surface area contributed by atoms with Gasteiger partial charge in [0.2, 0.25) is 0 Å². The van der Waals surface area contributed by atoms with Crippen LogP contribution < -0.4 is 10.1 Å². The van der Waals surface area contributed by atoms with Crippen LogP contribution in [0.25, 0.3) is 10.8 Å². The van der Waals surface area contributed by atoms with Crippen LogP contribution in [0.15, 0.2) is 83.0 Å². The number of carbonyl (C=O) groups is 2. The molecule has 0 atom stereocenters. The molecule has 11 heteroatoms. The number of ether oxygens (including phenoxy) is 1. The van der Waals surface area contributed by atoms with Crippen molar-refractivity contribution in [2.75, 3.05) is 26.5 Å². The second-order valence-corrected chi connectivity index (χ2v) is 8.36. The number of carbonyl (C=O) groups excluding carboxylic acids is 2. The standard InChI is InChI=1S/C27H23N5O6/c1-31(2)27(35)20-12-7-13-22(38-3)23(20)29-30-24-19-11-5-4-8-16(19)14-21(25(24)33)26(34)28-17-9-6-10-18(15-17)32(36)37/h4-15,33H,1-3H3,(H,28,34)/b30-29+. The Morgan fingerprint density at radius 1 is 0.947 bits per heavy atom. The molecule has 0 radical (unpaired) electrons. The summed E-state index contributed by atoms with van der Waals surface area (Å²) < 4.78 is 5.38. The minimum Gasteiger partial charge on any atom is -0.505 e. The number of benzene rings is 4. The molecular weight excluding hydrogens is 490 g/mol. The van der Waals surface area contributed by atoms with Crippen LogP contribution in [0.3, 0.4) is 0 Å². The van der Waals surface area contributed by atoms with E-state index in [2.05, 4.69) is 15.5 Å². The maximum absolute atomic E-state index is 13.1. The third-order valence-electron chi connectivity index (χ3n) is 5.66. The number of anilines is 1. The van der Waals surface area contributed by atoms with E-state index in [1.807, 2.05) is 0 Å². The molecule has 0 bridgehead atoms. The second kappa shape index (κ2) is 10.7. The van der Waals surface area contributed by atoms with E-state index in [0.717, 1.165) is 0 Å². The molecule has 4 rings (SSSR count). The van der Waals surface area contributed by atoms with Crippen molar-refractivity contribution in [1.29, 1.82) is 0 Å². The van der Waals surface area contributed by atoms with Gasteiger partial charge in [-0.2, -0.15) is 0 Å². The number of azo groups is 1. The molecule has 2 amide bonds. The van der Waals surface area contributed by atoms with Crippen molar-refractivity contribution < 1.29 is 24.4 Å². The fourth-order valence-electron chi connectivity index (χ4n) is 3.79. The lowest BCUT2D eigenvalue weighted by Gasteiger charge is -2.14. The first-order chi connectivity index (χ1) is 18.2. The summed E-state index contributed by atoms with van der Waals surface area (Å²) >= 11 is 0. The molecule has 4 aromatic carbocycles. The minimum atomic E-state index is -0.703. The molecular formula is C27H23N5O6. The third-order valence-corrected chi connectivity index (χ3v) is 5.66. The van der Waals surface area contributed by atoms with Crippen molar-refractivity contribution in [1.82, 2.24) is 4.90 Å². The number of nitro benzene ring substituents is 1. The molecule has 0 aliphatic carbocycles. The highest BCUT2D eigenvalue weighted by Crippen LogP contribution is 2.41. The number of nitrogens with zero attached hydrogens (tertiary/aromatic N) is 4. The molecule has 0 spiro atoms. The van der Waals surface area contributed by atoms with Crippen LogP contribution in [-0.2, 0) is 0 Å². The summed E-state index contributed by atoms with van der Waals surface area (Å²) in [7, 11) is 4.64. The van der Waals surface area contributed by atoms with Gasteiger partial charge in [0.15, 0.2) is 5.75 Å². The van der Waals surface area contributed by atoms with E-state index in [1.54, 1.807) is 56.6 Å². The summed E-state index contributed by atoms with van der Waals surface area (Å²) in [6, 6.07) is 18.7. The first kappa shape index (κ1) is 25.8. The Kier molecular flexibility index (Phi) is 7.28. The van der Waals surface area contributed by atoms with Crippen molar-refractivity contribution in [2.24, 2.45) is 10.2 Å². The highest BCUT2D eigenvalue weighted by Gasteiger charge is 2.21. The molecule has 0 fully saturated rings. The molecule has 4 aromatic rings. The van der Waals surface area contributed by atoms with Crippen molar-refractivity contribution >= 4 is 45.3 Å². The first-order valence-electron chi connectivity index (χ1n) is 11.3. The summed E-state index contributed by atoms with van der Waals surface area (Å²) in [6.07, 6.45) is 0. The lowest BCUT2D eigenvalue weighted by Crippen LogP contribution is -2.21. The molecule has 11 nitrogen and oxygen atoms in total. The minimum absolute atomic E-state index is 0.00134. The Morgan fingerprint density at radius 3 is 2.37 bits per heavy atom. The number of nitrogens with one attached hydrogen (secondary N) is 1. The van der Waals surface area contributed by atoms with Crippen molar-refractivity contribution in [3.63, 3.8) is 0 Å². The van der Waals surface area contributed by atoms with E-state index in [1.165, 1.54) is 42.3 Å². The van der Waals surface area contributed by atoms with Gasteiger partial charge in [-0.05, 0) is 29.7 Å².